The second kappa shape index (κ2) is 6.88. The monoisotopic (exact) mass is 347 g/mol. The molecular weight excluding hydrogens is 329 g/mol. The van der Waals surface area contributed by atoms with E-state index < -0.39 is 11.9 Å². The number of imide groups is 1. The Bertz CT molecular complexity index is 818. The zero-order valence-electron chi connectivity index (χ0n) is 13.7. The molecule has 0 radical (unpaired) electrons. The minimum Gasteiger partial charge on any atom is -0.342 e. The molecule has 1 aromatic carbocycles. The van der Waals surface area contributed by atoms with Gasteiger partial charge in [-0.15, -0.1) is 0 Å². The van der Waals surface area contributed by atoms with Crippen molar-refractivity contribution in [3.63, 3.8) is 0 Å². The summed E-state index contributed by atoms with van der Waals surface area (Å²) in [5.41, 5.74) is 1.26. The number of halogens is 1. The summed E-state index contributed by atoms with van der Waals surface area (Å²) in [7, 11) is 0. The number of carbonyl (C=O) groups is 3. The van der Waals surface area contributed by atoms with Gasteiger partial charge in [0.05, 0.1) is 17.6 Å². The molecule has 3 rings (SSSR count). The van der Waals surface area contributed by atoms with E-state index in [9.17, 15) is 18.8 Å². The molecule has 0 spiro atoms. The van der Waals surface area contributed by atoms with Crippen LogP contribution in [-0.4, -0.2) is 63.8 Å². The molecule has 9 heteroatoms. The largest absolute Gasteiger partial charge is 0.342 e. The van der Waals surface area contributed by atoms with E-state index in [4.69, 9.17) is 0 Å². The second-order valence-electron chi connectivity index (χ2n) is 5.71. The highest BCUT2D eigenvalue weighted by Crippen LogP contribution is 2.13. The topological polar surface area (TPSA) is 98.4 Å². The van der Waals surface area contributed by atoms with Gasteiger partial charge in [0, 0.05) is 19.5 Å². The minimum atomic E-state index is -0.547. The van der Waals surface area contributed by atoms with Gasteiger partial charge < -0.3 is 15.2 Å². The van der Waals surface area contributed by atoms with Gasteiger partial charge in [-0.25, -0.2) is 14.2 Å². The Morgan fingerprint density at radius 3 is 2.88 bits per heavy atom. The molecule has 2 aromatic rings. The number of aromatic amines is 1. The van der Waals surface area contributed by atoms with E-state index in [2.05, 4.69) is 15.3 Å². The first kappa shape index (κ1) is 16.9. The van der Waals surface area contributed by atoms with Crippen molar-refractivity contribution in [3.8, 4) is 0 Å². The van der Waals surface area contributed by atoms with E-state index in [0.717, 1.165) is 4.90 Å². The van der Waals surface area contributed by atoms with Crippen LogP contribution in [0.25, 0.3) is 11.0 Å². The molecule has 1 aliphatic heterocycles. The number of H-pyrrole nitrogens is 1. The number of amides is 4. The summed E-state index contributed by atoms with van der Waals surface area (Å²) in [5, 5.41) is 2.38. The lowest BCUT2D eigenvalue weighted by atomic mass is 10.3. The predicted molar refractivity (Wildman–Crippen MR) is 87.1 cm³/mol. The summed E-state index contributed by atoms with van der Waals surface area (Å²) >= 11 is 0. The third-order valence-electron chi connectivity index (χ3n) is 4.08. The van der Waals surface area contributed by atoms with Crippen molar-refractivity contribution >= 4 is 28.9 Å². The Kier molecular flexibility index (Phi) is 4.64. The third kappa shape index (κ3) is 3.59. The molecule has 1 saturated heterocycles. The molecule has 132 valence electrons. The number of rotatable bonds is 6. The van der Waals surface area contributed by atoms with Crippen LogP contribution in [0.1, 0.15) is 12.7 Å². The molecule has 2 heterocycles. The number of fused-ring (bicyclic) bond motifs is 1. The number of urea groups is 1. The van der Waals surface area contributed by atoms with Gasteiger partial charge in [-0.3, -0.25) is 14.5 Å². The van der Waals surface area contributed by atoms with Gasteiger partial charge in [-0.1, -0.05) is 0 Å². The Labute approximate surface area is 143 Å². The lowest BCUT2D eigenvalue weighted by Gasteiger charge is -2.22. The number of carbonyl (C=O) groups excluding carboxylic acids is 3. The molecule has 0 saturated carbocycles. The van der Waals surface area contributed by atoms with Gasteiger partial charge in [0.15, 0.2) is 0 Å². The fraction of sp³-hybridized carbons (Fsp3) is 0.375. The summed E-state index contributed by atoms with van der Waals surface area (Å²) in [6.45, 7) is 2.29. The molecule has 1 aromatic heterocycles. The van der Waals surface area contributed by atoms with E-state index in [1.54, 1.807) is 11.0 Å². The highest BCUT2D eigenvalue weighted by Gasteiger charge is 2.31. The van der Waals surface area contributed by atoms with Gasteiger partial charge in [-0.05, 0) is 25.1 Å². The lowest BCUT2D eigenvalue weighted by molar-refractivity contribution is -0.136. The molecule has 0 bridgehead atoms. The number of nitrogens with zero attached hydrogens (tertiary/aromatic N) is 3. The maximum atomic E-state index is 13.2. The van der Waals surface area contributed by atoms with Crippen molar-refractivity contribution in [3.05, 3.63) is 29.8 Å². The zero-order chi connectivity index (χ0) is 18.0. The smallest absolute Gasteiger partial charge is 0.325 e. The van der Waals surface area contributed by atoms with Gasteiger partial charge in [0.1, 0.15) is 18.2 Å². The van der Waals surface area contributed by atoms with Gasteiger partial charge >= 0.3 is 6.03 Å². The van der Waals surface area contributed by atoms with Crippen LogP contribution in [0.2, 0.25) is 0 Å². The highest BCUT2D eigenvalue weighted by molar-refractivity contribution is 6.04. The predicted octanol–water partition coefficient (Wildman–Crippen LogP) is 0.645. The quantitative estimate of drug-likeness (QED) is 0.750. The van der Waals surface area contributed by atoms with Crippen molar-refractivity contribution in [2.24, 2.45) is 0 Å². The van der Waals surface area contributed by atoms with Crippen molar-refractivity contribution in [1.82, 2.24) is 25.1 Å². The van der Waals surface area contributed by atoms with Crippen LogP contribution in [0.15, 0.2) is 18.2 Å². The maximum absolute atomic E-state index is 13.2. The van der Waals surface area contributed by atoms with Crippen LogP contribution in [-0.2, 0) is 16.0 Å². The fourth-order valence-corrected chi connectivity index (χ4v) is 2.70. The number of likely N-dealkylation sites (N-methyl/N-ethyl adjacent to an activating group) is 1. The average molecular weight is 347 g/mol. The molecule has 1 aliphatic rings. The molecule has 2 N–H and O–H groups in total. The SMILES string of the molecule is CCN(CCc1nc2ccc(F)cc2[nH]1)C(=O)CN1C(=O)CNC1=O. The first-order valence-corrected chi connectivity index (χ1v) is 7.98. The van der Waals surface area contributed by atoms with Gasteiger partial charge in [-0.2, -0.15) is 0 Å². The zero-order valence-corrected chi connectivity index (χ0v) is 13.7. The summed E-state index contributed by atoms with van der Waals surface area (Å²) in [6, 6.07) is 3.75. The van der Waals surface area contributed by atoms with Crippen LogP contribution in [0.5, 0.6) is 0 Å². The Hall–Kier alpha value is -2.97. The Balaban J connectivity index is 1.62. The minimum absolute atomic E-state index is 0.0756. The average Bonchev–Trinajstić information content (AvgIpc) is 3.12. The van der Waals surface area contributed by atoms with E-state index in [0.29, 0.717) is 36.4 Å². The van der Waals surface area contributed by atoms with E-state index >= 15 is 0 Å². The third-order valence-corrected chi connectivity index (χ3v) is 4.08. The molecule has 4 amide bonds. The van der Waals surface area contributed by atoms with Gasteiger partial charge in [0.2, 0.25) is 5.91 Å². The number of nitrogens with one attached hydrogen (secondary N) is 2. The van der Waals surface area contributed by atoms with Crippen LogP contribution >= 0.6 is 0 Å². The number of hydrogen-bond donors (Lipinski definition) is 2. The Morgan fingerprint density at radius 1 is 1.40 bits per heavy atom. The molecule has 1 fully saturated rings. The Morgan fingerprint density at radius 2 is 2.20 bits per heavy atom. The first-order valence-electron chi connectivity index (χ1n) is 7.98. The summed E-state index contributed by atoms with van der Waals surface area (Å²) in [4.78, 5) is 45.3. The standard InChI is InChI=1S/C16H18FN5O3/c1-2-21(15(24)9-22-14(23)8-18-16(22)25)6-5-13-19-11-4-3-10(17)7-12(11)20-13/h3-4,7H,2,5-6,8-9H2,1H3,(H,18,25)(H,19,20). The number of aromatic nitrogens is 2. The number of hydrogen-bond acceptors (Lipinski definition) is 4. The van der Waals surface area contributed by atoms with Crippen LogP contribution < -0.4 is 5.32 Å². The highest BCUT2D eigenvalue weighted by atomic mass is 19.1. The van der Waals surface area contributed by atoms with E-state index in [1.807, 2.05) is 6.92 Å². The molecule has 8 nitrogen and oxygen atoms in total. The van der Waals surface area contributed by atoms with Crippen molar-refractivity contribution in [1.29, 1.82) is 0 Å². The van der Waals surface area contributed by atoms with Crippen LogP contribution in [0.4, 0.5) is 9.18 Å². The van der Waals surface area contributed by atoms with E-state index in [1.165, 1.54) is 12.1 Å². The maximum Gasteiger partial charge on any atom is 0.325 e. The summed E-state index contributed by atoms with van der Waals surface area (Å²) in [6.07, 6.45) is 0.454. The lowest BCUT2D eigenvalue weighted by Crippen LogP contribution is -2.43. The summed E-state index contributed by atoms with van der Waals surface area (Å²) in [5.74, 6) is -0.424. The molecule has 0 atom stereocenters. The second-order valence-corrected chi connectivity index (χ2v) is 5.71. The van der Waals surface area contributed by atoms with Crippen LogP contribution in [0.3, 0.4) is 0 Å². The summed E-state index contributed by atoms with van der Waals surface area (Å²) < 4.78 is 13.2. The van der Waals surface area contributed by atoms with Crippen molar-refractivity contribution in [2.45, 2.75) is 13.3 Å². The fourth-order valence-electron chi connectivity index (χ4n) is 2.70. The van der Waals surface area contributed by atoms with Crippen LogP contribution in [0, 0.1) is 5.82 Å². The first-order chi connectivity index (χ1) is 12.0. The molecule has 0 unspecified atom stereocenters. The van der Waals surface area contributed by atoms with Gasteiger partial charge in [0.25, 0.3) is 5.91 Å². The van der Waals surface area contributed by atoms with E-state index in [-0.39, 0.29) is 24.8 Å². The normalized spacial score (nSPS) is 14.2. The molecule has 25 heavy (non-hydrogen) atoms. The number of imidazole rings is 1. The van der Waals surface area contributed by atoms with Crippen molar-refractivity contribution in [2.75, 3.05) is 26.2 Å². The number of benzene rings is 1. The molecular formula is C16H18FN5O3. The molecule has 0 aliphatic carbocycles. The van der Waals surface area contributed by atoms with Crippen molar-refractivity contribution < 1.29 is 18.8 Å².